The van der Waals surface area contributed by atoms with E-state index in [9.17, 15) is 14.0 Å². The third kappa shape index (κ3) is 5.61. The molecule has 1 heterocycles. The smallest absolute Gasteiger partial charge is 0.274 e. The van der Waals surface area contributed by atoms with E-state index in [4.69, 9.17) is 0 Å². The average molecular weight is 358 g/mol. The lowest BCUT2D eigenvalue weighted by Crippen LogP contribution is -2.37. The minimum absolute atomic E-state index is 0.0616. The van der Waals surface area contributed by atoms with Crippen molar-refractivity contribution in [3.8, 4) is 0 Å². The van der Waals surface area contributed by atoms with Crippen molar-refractivity contribution in [3.63, 3.8) is 0 Å². The third-order valence-electron chi connectivity index (χ3n) is 3.63. The minimum atomic E-state index is -0.495. The van der Waals surface area contributed by atoms with Gasteiger partial charge in [0, 0.05) is 25.7 Å². The molecule has 0 aliphatic carbocycles. The Morgan fingerprint density at radius 2 is 1.92 bits per heavy atom. The predicted octanol–water partition coefficient (Wildman–Crippen LogP) is 3.05. The van der Waals surface area contributed by atoms with E-state index < -0.39 is 5.82 Å². The van der Waals surface area contributed by atoms with Crippen LogP contribution in [-0.4, -0.2) is 39.8 Å². The van der Waals surface area contributed by atoms with Gasteiger partial charge in [-0.1, -0.05) is 26.0 Å². The summed E-state index contributed by atoms with van der Waals surface area (Å²) in [4.78, 5) is 34.5. The van der Waals surface area contributed by atoms with Gasteiger partial charge in [-0.25, -0.2) is 9.37 Å². The molecule has 1 aromatic carbocycles. The van der Waals surface area contributed by atoms with Gasteiger partial charge < -0.3 is 10.2 Å². The van der Waals surface area contributed by atoms with Gasteiger partial charge in [0.1, 0.15) is 11.5 Å². The first kappa shape index (κ1) is 19.5. The fourth-order valence-electron chi connectivity index (χ4n) is 2.39. The maximum Gasteiger partial charge on any atom is 0.274 e. The highest BCUT2D eigenvalue weighted by molar-refractivity contribution is 5.93. The third-order valence-corrected chi connectivity index (χ3v) is 3.63. The predicted molar refractivity (Wildman–Crippen MR) is 97.2 cm³/mol. The summed E-state index contributed by atoms with van der Waals surface area (Å²) in [5.74, 6) is -0.894. The molecule has 1 aromatic heterocycles. The zero-order chi connectivity index (χ0) is 19.1. The van der Waals surface area contributed by atoms with E-state index in [2.05, 4.69) is 15.3 Å². The number of carbonyl (C=O) groups excluding carboxylic acids is 2. The highest BCUT2D eigenvalue weighted by atomic mass is 19.1. The Kier molecular flexibility index (Phi) is 6.77. The van der Waals surface area contributed by atoms with E-state index in [1.165, 1.54) is 24.5 Å². The molecular weight excluding hydrogens is 335 g/mol. The van der Waals surface area contributed by atoms with Gasteiger partial charge in [0.25, 0.3) is 5.91 Å². The molecule has 0 saturated carbocycles. The first-order valence-electron chi connectivity index (χ1n) is 8.49. The second-order valence-corrected chi connectivity index (χ2v) is 6.47. The molecule has 6 nitrogen and oxygen atoms in total. The molecule has 0 spiro atoms. The van der Waals surface area contributed by atoms with Gasteiger partial charge in [-0.3, -0.25) is 14.6 Å². The number of para-hydroxylation sites is 1. The summed E-state index contributed by atoms with van der Waals surface area (Å²) in [6.45, 7) is 6.47. The molecule has 0 bridgehead atoms. The van der Waals surface area contributed by atoms with Crippen molar-refractivity contribution in [2.75, 3.05) is 18.4 Å². The van der Waals surface area contributed by atoms with Crippen LogP contribution < -0.4 is 5.32 Å². The van der Waals surface area contributed by atoms with Gasteiger partial charge in [0.05, 0.1) is 17.6 Å². The van der Waals surface area contributed by atoms with E-state index in [1.54, 1.807) is 24.0 Å². The molecule has 2 rings (SSSR count). The summed E-state index contributed by atoms with van der Waals surface area (Å²) in [5.41, 5.74) is 1.09. The first-order chi connectivity index (χ1) is 12.4. The van der Waals surface area contributed by atoms with Crippen molar-refractivity contribution >= 4 is 17.5 Å². The van der Waals surface area contributed by atoms with E-state index in [0.717, 1.165) is 5.69 Å². The molecule has 0 radical (unpaired) electrons. The molecule has 138 valence electrons. The number of aryl methyl sites for hydroxylation is 1. The second-order valence-electron chi connectivity index (χ2n) is 6.47. The Labute approximate surface area is 152 Å². The zero-order valence-electron chi connectivity index (χ0n) is 15.2. The molecule has 0 fully saturated rings. The quantitative estimate of drug-likeness (QED) is 0.825. The Bertz CT molecular complexity index is 762. The summed E-state index contributed by atoms with van der Waals surface area (Å²) in [6.07, 6.45) is 3.03. The van der Waals surface area contributed by atoms with Crippen LogP contribution in [0, 0.1) is 18.7 Å². The monoisotopic (exact) mass is 358 g/mol. The largest absolute Gasteiger partial charge is 0.336 e. The standard InChI is InChI=1S/C19H23FN4O2/c1-13(2)12-24(19(26)17-11-21-14(3)10-22-17)9-8-18(25)23-16-7-5-4-6-15(16)20/h4-7,10-11,13H,8-9,12H2,1-3H3,(H,23,25). The van der Waals surface area contributed by atoms with Crippen molar-refractivity contribution in [2.45, 2.75) is 27.2 Å². The summed E-state index contributed by atoms with van der Waals surface area (Å²) < 4.78 is 13.6. The molecule has 7 heteroatoms. The number of nitrogens with one attached hydrogen (secondary N) is 1. The Balaban J connectivity index is 2.01. The number of halogens is 1. The number of hydrogen-bond acceptors (Lipinski definition) is 4. The molecule has 0 atom stereocenters. The second kappa shape index (κ2) is 9.03. The summed E-state index contributed by atoms with van der Waals surface area (Å²) in [5, 5.41) is 2.53. The summed E-state index contributed by atoms with van der Waals surface area (Å²) >= 11 is 0. The molecule has 2 aromatic rings. The molecule has 2 amide bonds. The molecule has 0 unspecified atom stereocenters. The Morgan fingerprint density at radius 1 is 1.19 bits per heavy atom. The van der Waals surface area contributed by atoms with E-state index in [1.807, 2.05) is 13.8 Å². The number of nitrogens with zero attached hydrogens (tertiary/aromatic N) is 3. The lowest BCUT2D eigenvalue weighted by Gasteiger charge is -2.24. The fourth-order valence-corrected chi connectivity index (χ4v) is 2.39. The molecule has 26 heavy (non-hydrogen) atoms. The van der Waals surface area contributed by atoms with Crippen molar-refractivity contribution < 1.29 is 14.0 Å². The van der Waals surface area contributed by atoms with Gasteiger partial charge >= 0.3 is 0 Å². The van der Waals surface area contributed by atoms with Crippen molar-refractivity contribution in [3.05, 3.63) is 53.9 Å². The number of carbonyl (C=O) groups is 2. The number of amides is 2. The van der Waals surface area contributed by atoms with Crippen LogP contribution in [0.25, 0.3) is 0 Å². The SMILES string of the molecule is Cc1cnc(C(=O)N(CCC(=O)Nc2ccccc2F)CC(C)C)cn1. The topological polar surface area (TPSA) is 75.2 Å². The number of benzene rings is 1. The fraction of sp³-hybridized carbons (Fsp3) is 0.368. The molecule has 1 N–H and O–H groups in total. The highest BCUT2D eigenvalue weighted by Gasteiger charge is 2.19. The van der Waals surface area contributed by atoms with Gasteiger partial charge in [0.2, 0.25) is 5.91 Å². The Hall–Kier alpha value is -2.83. The van der Waals surface area contributed by atoms with Gasteiger partial charge in [-0.15, -0.1) is 0 Å². The van der Waals surface area contributed by atoms with Crippen LogP contribution in [0.2, 0.25) is 0 Å². The number of hydrogen-bond donors (Lipinski definition) is 1. The molecule has 0 saturated heterocycles. The maximum absolute atomic E-state index is 13.6. The van der Waals surface area contributed by atoms with Gasteiger partial charge in [0.15, 0.2) is 0 Å². The lowest BCUT2D eigenvalue weighted by molar-refractivity contribution is -0.116. The molecule has 0 aliphatic rings. The van der Waals surface area contributed by atoms with Crippen LogP contribution >= 0.6 is 0 Å². The Morgan fingerprint density at radius 3 is 2.54 bits per heavy atom. The van der Waals surface area contributed by atoms with Crippen molar-refractivity contribution in [2.24, 2.45) is 5.92 Å². The normalized spacial score (nSPS) is 10.7. The van der Waals surface area contributed by atoms with Crippen LogP contribution in [0.4, 0.5) is 10.1 Å². The van der Waals surface area contributed by atoms with Crippen LogP contribution in [0.3, 0.4) is 0 Å². The van der Waals surface area contributed by atoms with Crippen LogP contribution in [0.15, 0.2) is 36.7 Å². The van der Waals surface area contributed by atoms with Crippen LogP contribution in [0.1, 0.15) is 36.5 Å². The van der Waals surface area contributed by atoms with Gasteiger partial charge in [-0.05, 0) is 25.0 Å². The average Bonchev–Trinajstić information content (AvgIpc) is 2.60. The van der Waals surface area contributed by atoms with Crippen LogP contribution in [0.5, 0.6) is 0 Å². The maximum atomic E-state index is 13.6. The molecule has 0 aliphatic heterocycles. The van der Waals surface area contributed by atoms with Crippen molar-refractivity contribution in [1.82, 2.24) is 14.9 Å². The highest BCUT2D eigenvalue weighted by Crippen LogP contribution is 2.13. The molecular formula is C19H23FN4O2. The number of rotatable bonds is 7. The number of anilines is 1. The zero-order valence-corrected chi connectivity index (χ0v) is 15.2. The first-order valence-corrected chi connectivity index (χ1v) is 8.49. The lowest BCUT2D eigenvalue weighted by atomic mass is 10.2. The summed E-state index contributed by atoms with van der Waals surface area (Å²) in [6, 6.07) is 5.96. The van der Waals surface area contributed by atoms with E-state index in [-0.39, 0.29) is 42.1 Å². The van der Waals surface area contributed by atoms with Crippen LogP contribution in [-0.2, 0) is 4.79 Å². The minimum Gasteiger partial charge on any atom is -0.336 e. The van der Waals surface area contributed by atoms with Crippen molar-refractivity contribution in [1.29, 1.82) is 0 Å². The van der Waals surface area contributed by atoms with E-state index in [0.29, 0.717) is 6.54 Å². The number of aromatic nitrogens is 2. The van der Waals surface area contributed by atoms with E-state index >= 15 is 0 Å². The van der Waals surface area contributed by atoms with Gasteiger partial charge in [-0.2, -0.15) is 0 Å². The summed E-state index contributed by atoms with van der Waals surface area (Å²) in [7, 11) is 0.